The number of likely N-dealkylation sites (tertiary alicyclic amines) is 1. The topological polar surface area (TPSA) is 71.0 Å². The lowest BCUT2D eigenvalue weighted by Gasteiger charge is -2.38. The minimum Gasteiger partial charge on any atom is -0.386 e. The number of piperidine rings is 1. The van der Waals surface area contributed by atoms with Crippen LogP contribution in [-0.4, -0.2) is 41.1 Å². The van der Waals surface area contributed by atoms with Crippen molar-refractivity contribution < 1.29 is 14.4 Å². The van der Waals surface area contributed by atoms with Crippen LogP contribution in [0.25, 0.3) is 0 Å². The maximum Gasteiger partial charge on any atom is 0.269 e. The highest BCUT2D eigenvalue weighted by Gasteiger charge is 2.45. The van der Waals surface area contributed by atoms with E-state index in [0.29, 0.717) is 37.3 Å². The van der Waals surface area contributed by atoms with Crippen LogP contribution < -0.4 is 5.32 Å². The van der Waals surface area contributed by atoms with Gasteiger partial charge in [-0.1, -0.05) is 53.2 Å². The van der Waals surface area contributed by atoms with E-state index in [1.165, 1.54) is 5.56 Å². The van der Waals surface area contributed by atoms with Gasteiger partial charge in [-0.15, -0.1) is 0 Å². The van der Waals surface area contributed by atoms with Gasteiger partial charge in [-0.05, 0) is 43.9 Å². The summed E-state index contributed by atoms with van der Waals surface area (Å²) < 4.78 is 0. The molecule has 0 saturated carbocycles. The van der Waals surface area contributed by atoms with Gasteiger partial charge in [0.1, 0.15) is 5.71 Å². The monoisotopic (exact) mass is 405 g/mol. The maximum atomic E-state index is 13.0. The van der Waals surface area contributed by atoms with E-state index >= 15 is 0 Å². The van der Waals surface area contributed by atoms with Crippen LogP contribution in [0.1, 0.15) is 46.3 Å². The lowest BCUT2D eigenvalue weighted by Crippen LogP contribution is -2.51. The first kappa shape index (κ1) is 20.1. The summed E-state index contributed by atoms with van der Waals surface area (Å²) in [6.07, 6.45) is 2.03. The van der Waals surface area contributed by atoms with E-state index in [2.05, 4.69) is 10.5 Å². The molecule has 0 aliphatic carbocycles. The van der Waals surface area contributed by atoms with Crippen molar-refractivity contribution in [3.63, 3.8) is 0 Å². The van der Waals surface area contributed by atoms with Gasteiger partial charge in [0.25, 0.3) is 11.8 Å². The molecular weight excluding hydrogens is 378 g/mol. The molecule has 2 aliphatic heterocycles. The van der Waals surface area contributed by atoms with Gasteiger partial charge in [-0.2, -0.15) is 0 Å². The Morgan fingerprint density at radius 3 is 2.67 bits per heavy atom. The van der Waals surface area contributed by atoms with Crippen LogP contribution in [0.3, 0.4) is 0 Å². The molecule has 0 unspecified atom stereocenters. The molecule has 0 bridgehead atoms. The van der Waals surface area contributed by atoms with Crippen molar-refractivity contribution in [3.05, 3.63) is 70.8 Å². The van der Waals surface area contributed by atoms with E-state index in [4.69, 9.17) is 4.84 Å². The van der Waals surface area contributed by atoms with Crippen LogP contribution in [0, 0.1) is 13.8 Å². The molecule has 4 rings (SSSR count). The number of amides is 2. The molecule has 1 atom stereocenters. The Labute approximate surface area is 176 Å². The molecule has 30 heavy (non-hydrogen) atoms. The van der Waals surface area contributed by atoms with E-state index < -0.39 is 5.60 Å². The molecule has 2 amide bonds. The summed E-state index contributed by atoms with van der Waals surface area (Å²) in [5, 5.41) is 7.01. The van der Waals surface area contributed by atoms with Gasteiger partial charge in [0.15, 0.2) is 5.60 Å². The molecule has 0 aromatic heterocycles. The van der Waals surface area contributed by atoms with Gasteiger partial charge in [-0.3, -0.25) is 9.59 Å². The standard InChI is InChI=1S/C24H27N3O3/c1-17-8-10-19(11-9-17)15-25-22(28)21-14-24(30-26-21)12-5-13-27(16-24)23(29)20-7-4-3-6-18(20)2/h3-4,6-11H,5,12-16H2,1-2H3,(H,25,28)/t24-/m0/s1. The Bertz CT molecular complexity index is 983. The first-order valence-electron chi connectivity index (χ1n) is 10.4. The number of benzene rings is 2. The summed E-state index contributed by atoms with van der Waals surface area (Å²) in [7, 11) is 0. The van der Waals surface area contributed by atoms with Gasteiger partial charge >= 0.3 is 0 Å². The number of hydrogen-bond donors (Lipinski definition) is 1. The number of rotatable bonds is 4. The fraction of sp³-hybridized carbons (Fsp3) is 0.375. The number of nitrogens with zero attached hydrogens (tertiary/aromatic N) is 2. The van der Waals surface area contributed by atoms with Crippen molar-refractivity contribution >= 4 is 17.5 Å². The van der Waals surface area contributed by atoms with Crippen LogP contribution >= 0.6 is 0 Å². The molecular formula is C24H27N3O3. The third kappa shape index (κ3) is 4.22. The van der Waals surface area contributed by atoms with Crippen molar-refractivity contribution in [2.45, 2.75) is 45.3 Å². The summed E-state index contributed by atoms with van der Waals surface area (Å²) in [5.74, 6) is -0.206. The van der Waals surface area contributed by atoms with E-state index in [0.717, 1.165) is 24.0 Å². The normalized spacial score (nSPS) is 20.6. The molecule has 1 spiro atoms. The SMILES string of the molecule is Cc1ccc(CNC(=O)C2=NO[C@@]3(CCCN(C(=O)c4ccccc4C)C3)C2)cc1. The van der Waals surface area contributed by atoms with Gasteiger partial charge in [-0.25, -0.2) is 0 Å². The predicted molar refractivity (Wildman–Crippen MR) is 115 cm³/mol. The Kier molecular flexibility index (Phi) is 5.57. The minimum absolute atomic E-state index is 0.00745. The molecule has 2 aromatic carbocycles. The second-order valence-electron chi connectivity index (χ2n) is 8.30. The fourth-order valence-corrected chi connectivity index (χ4v) is 4.11. The molecule has 1 fully saturated rings. The highest BCUT2D eigenvalue weighted by atomic mass is 16.7. The smallest absolute Gasteiger partial charge is 0.269 e. The molecule has 6 nitrogen and oxygen atoms in total. The quantitative estimate of drug-likeness (QED) is 0.848. The number of aryl methyl sites for hydroxylation is 2. The van der Waals surface area contributed by atoms with Crippen LogP contribution in [0.5, 0.6) is 0 Å². The Balaban J connectivity index is 1.37. The number of oxime groups is 1. The number of nitrogens with one attached hydrogen (secondary N) is 1. The Morgan fingerprint density at radius 2 is 1.90 bits per heavy atom. The van der Waals surface area contributed by atoms with Crippen molar-refractivity contribution in [1.29, 1.82) is 0 Å². The fourth-order valence-electron chi connectivity index (χ4n) is 4.11. The molecule has 1 N–H and O–H groups in total. The lowest BCUT2D eigenvalue weighted by molar-refractivity contribution is -0.115. The zero-order valence-corrected chi connectivity index (χ0v) is 17.5. The summed E-state index contributed by atoms with van der Waals surface area (Å²) in [6.45, 7) is 5.55. The first-order valence-corrected chi connectivity index (χ1v) is 10.4. The maximum absolute atomic E-state index is 13.0. The van der Waals surface area contributed by atoms with Crippen LogP contribution in [0.2, 0.25) is 0 Å². The average molecular weight is 405 g/mol. The molecule has 6 heteroatoms. The molecule has 2 aromatic rings. The Morgan fingerprint density at radius 1 is 1.13 bits per heavy atom. The molecule has 2 aliphatic rings. The van der Waals surface area contributed by atoms with Gasteiger partial charge in [0.05, 0.1) is 6.54 Å². The lowest BCUT2D eigenvalue weighted by atomic mass is 9.87. The summed E-state index contributed by atoms with van der Waals surface area (Å²) in [4.78, 5) is 33.2. The Hall–Kier alpha value is -3.15. The summed E-state index contributed by atoms with van der Waals surface area (Å²) >= 11 is 0. The number of carbonyl (C=O) groups excluding carboxylic acids is 2. The van der Waals surface area contributed by atoms with E-state index in [1.807, 2.05) is 67.3 Å². The van der Waals surface area contributed by atoms with E-state index in [1.54, 1.807) is 0 Å². The molecule has 0 radical (unpaired) electrons. The second kappa shape index (κ2) is 8.30. The molecule has 2 heterocycles. The van der Waals surface area contributed by atoms with Crippen LogP contribution in [0.15, 0.2) is 53.7 Å². The second-order valence-corrected chi connectivity index (χ2v) is 8.30. The van der Waals surface area contributed by atoms with Crippen LogP contribution in [-0.2, 0) is 16.2 Å². The average Bonchev–Trinajstić information content (AvgIpc) is 3.16. The molecule has 1 saturated heterocycles. The van der Waals surface area contributed by atoms with E-state index in [-0.39, 0.29) is 11.8 Å². The van der Waals surface area contributed by atoms with Gasteiger partial charge in [0, 0.05) is 25.1 Å². The molecule has 156 valence electrons. The minimum atomic E-state index is -0.604. The zero-order chi connectivity index (χ0) is 21.1. The number of carbonyl (C=O) groups is 2. The van der Waals surface area contributed by atoms with Crippen molar-refractivity contribution in [2.75, 3.05) is 13.1 Å². The van der Waals surface area contributed by atoms with Gasteiger partial charge in [0.2, 0.25) is 0 Å². The van der Waals surface area contributed by atoms with Crippen molar-refractivity contribution in [1.82, 2.24) is 10.2 Å². The highest BCUT2D eigenvalue weighted by Crippen LogP contribution is 2.34. The summed E-state index contributed by atoms with van der Waals surface area (Å²) in [5.41, 5.74) is 3.69. The van der Waals surface area contributed by atoms with Crippen molar-refractivity contribution in [3.8, 4) is 0 Å². The highest BCUT2D eigenvalue weighted by molar-refractivity contribution is 6.39. The first-order chi connectivity index (χ1) is 14.5. The number of hydrogen-bond acceptors (Lipinski definition) is 4. The summed E-state index contributed by atoms with van der Waals surface area (Å²) in [6, 6.07) is 15.7. The predicted octanol–water partition coefficient (Wildman–Crippen LogP) is 3.37. The van der Waals surface area contributed by atoms with Gasteiger partial charge < -0.3 is 15.1 Å². The van der Waals surface area contributed by atoms with Crippen LogP contribution in [0.4, 0.5) is 0 Å². The largest absolute Gasteiger partial charge is 0.386 e. The van der Waals surface area contributed by atoms with Crippen molar-refractivity contribution in [2.24, 2.45) is 5.16 Å². The van der Waals surface area contributed by atoms with E-state index in [9.17, 15) is 9.59 Å². The third-order valence-corrected chi connectivity index (χ3v) is 5.88. The third-order valence-electron chi connectivity index (χ3n) is 5.88. The zero-order valence-electron chi connectivity index (χ0n) is 17.5.